The lowest BCUT2D eigenvalue weighted by atomic mass is 9.92. The van der Waals surface area contributed by atoms with Crippen molar-refractivity contribution in [1.29, 1.82) is 0 Å². The molecular formula is C15H20N6O2. The van der Waals surface area contributed by atoms with Crippen LogP contribution < -0.4 is 11.1 Å². The third-order valence-electron chi connectivity index (χ3n) is 4.06. The topological polar surface area (TPSA) is 108 Å². The van der Waals surface area contributed by atoms with Crippen LogP contribution in [0.4, 0.5) is 5.69 Å². The number of hydrogen-bond acceptors (Lipinski definition) is 6. The van der Waals surface area contributed by atoms with E-state index in [2.05, 4.69) is 20.8 Å². The summed E-state index contributed by atoms with van der Waals surface area (Å²) in [5.74, 6) is 0.656. The van der Waals surface area contributed by atoms with Gasteiger partial charge in [-0.15, -0.1) is 5.10 Å². The number of aromatic nitrogens is 4. The number of anilines is 1. The Balaban J connectivity index is 1.70. The van der Waals surface area contributed by atoms with Crippen molar-refractivity contribution >= 4 is 11.6 Å². The highest BCUT2D eigenvalue weighted by atomic mass is 16.5. The van der Waals surface area contributed by atoms with Crippen LogP contribution in [0.3, 0.4) is 0 Å². The van der Waals surface area contributed by atoms with E-state index in [0.717, 1.165) is 18.5 Å². The van der Waals surface area contributed by atoms with Crippen LogP contribution in [0.15, 0.2) is 24.3 Å². The minimum Gasteiger partial charge on any atom is -0.381 e. The van der Waals surface area contributed by atoms with Gasteiger partial charge in [0.05, 0.1) is 11.7 Å². The van der Waals surface area contributed by atoms with Crippen molar-refractivity contribution in [3.8, 4) is 5.69 Å². The molecule has 3 N–H and O–H groups in total. The second-order valence-electron chi connectivity index (χ2n) is 5.65. The van der Waals surface area contributed by atoms with Crippen LogP contribution >= 0.6 is 0 Å². The van der Waals surface area contributed by atoms with E-state index in [1.165, 1.54) is 0 Å². The Labute approximate surface area is 134 Å². The highest BCUT2D eigenvalue weighted by Crippen LogP contribution is 2.20. The number of nitrogens with two attached hydrogens (primary N) is 1. The second-order valence-corrected chi connectivity index (χ2v) is 5.65. The molecule has 2 aromatic rings. The highest BCUT2D eigenvalue weighted by Gasteiger charge is 2.26. The number of ether oxygens (including phenoxy) is 1. The Morgan fingerprint density at radius 2 is 2.22 bits per heavy atom. The van der Waals surface area contributed by atoms with Crippen molar-refractivity contribution in [1.82, 2.24) is 20.2 Å². The summed E-state index contributed by atoms with van der Waals surface area (Å²) in [6.07, 6.45) is 1.64. The first-order valence-electron chi connectivity index (χ1n) is 7.65. The number of nitrogens with one attached hydrogen (secondary N) is 1. The number of carbonyl (C=O) groups excluding carboxylic acids is 1. The Morgan fingerprint density at radius 3 is 2.91 bits per heavy atom. The SMILES string of the molecule is Cc1nnnn1-c1cccc(NC(=O)C(N)C2CCOCC2)c1. The van der Waals surface area contributed by atoms with Gasteiger partial charge in [0.1, 0.15) is 0 Å². The molecule has 1 aliphatic rings. The quantitative estimate of drug-likeness (QED) is 0.858. The number of benzene rings is 1. The summed E-state index contributed by atoms with van der Waals surface area (Å²) in [7, 11) is 0. The minimum atomic E-state index is -0.530. The zero-order valence-electron chi connectivity index (χ0n) is 13.0. The van der Waals surface area contributed by atoms with Crippen LogP contribution in [0.25, 0.3) is 5.69 Å². The van der Waals surface area contributed by atoms with E-state index in [-0.39, 0.29) is 11.8 Å². The normalized spacial score (nSPS) is 17.0. The molecule has 1 aromatic carbocycles. The molecule has 0 saturated carbocycles. The molecule has 1 unspecified atom stereocenters. The van der Waals surface area contributed by atoms with Crippen LogP contribution in [-0.2, 0) is 9.53 Å². The zero-order valence-corrected chi connectivity index (χ0v) is 13.0. The third-order valence-corrected chi connectivity index (χ3v) is 4.06. The Kier molecular flexibility index (Phi) is 4.63. The fourth-order valence-electron chi connectivity index (χ4n) is 2.70. The van der Waals surface area contributed by atoms with Gasteiger partial charge in [0.25, 0.3) is 0 Å². The minimum absolute atomic E-state index is 0.161. The summed E-state index contributed by atoms with van der Waals surface area (Å²) in [5, 5.41) is 14.3. The predicted molar refractivity (Wildman–Crippen MR) is 84.0 cm³/mol. The Hall–Kier alpha value is -2.32. The molecule has 0 spiro atoms. The molecular weight excluding hydrogens is 296 g/mol. The monoisotopic (exact) mass is 316 g/mol. The number of tetrazole rings is 1. The number of carbonyl (C=O) groups is 1. The second kappa shape index (κ2) is 6.84. The van der Waals surface area contributed by atoms with Crippen molar-refractivity contribution in [2.24, 2.45) is 11.7 Å². The van der Waals surface area contributed by atoms with Crippen molar-refractivity contribution in [3.05, 3.63) is 30.1 Å². The molecule has 0 bridgehead atoms. The summed E-state index contributed by atoms with van der Waals surface area (Å²) in [5.41, 5.74) is 7.54. The smallest absolute Gasteiger partial charge is 0.241 e. The van der Waals surface area contributed by atoms with E-state index < -0.39 is 6.04 Å². The number of hydrogen-bond donors (Lipinski definition) is 2. The third kappa shape index (κ3) is 3.54. The van der Waals surface area contributed by atoms with Crippen molar-refractivity contribution in [2.45, 2.75) is 25.8 Å². The van der Waals surface area contributed by atoms with Crippen LogP contribution in [0.2, 0.25) is 0 Å². The van der Waals surface area contributed by atoms with Crippen LogP contribution in [0.1, 0.15) is 18.7 Å². The Morgan fingerprint density at radius 1 is 1.43 bits per heavy atom. The molecule has 3 rings (SSSR count). The molecule has 0 aliphatic carbocycles. The molecule has 2 heterocycles. The summed E-state index contributed by atoms with van der Waals surface area (Å²) in [6, 6.07) is 6.82. The molecule has 1 fully saturated rings. The van der Waals surface area contributed by atoms with Gasteiger partial charge in [-0.2, -0.15) is 4.68 Å². The summed E-state index contributed by atoms with van der Waals surface area (Å²) in [4.78, 5) is 12.4. The first kappa shape index (κ1) is 15.6. The van der Waals surface area contributed by atoms with Crippen molar-refractivity contribution < 1.29 is 9.53 Å². The molecule has 1 atom stereocenters. The first-order valence-corrected chi connectivity index (χ1v) is 7.65. The average Bonchev–Trinajstić information content (AvgIpc) is 3.01. The predicted octanol–water partition coefficient (Wildman–Crippen LogP) is 0.663. The molecule has 1 aromatic heterocycles. The van der Waals surface area contributed by atoms with Gasteiger partial charge < -0.3 is 15.8 Å². The summed E-state index contributed by atoms with van der Waals surface area (Å²) >= 11 is 0. The van der Waals surface area contributed by atoms with E-state index in [1.54, 1.807) is 4.68 Å². The lowest BCUT2D eigenvalue weighted by Crippen LogP contribution is -2.44. The first-order chi connectivity index (χ1) is 11.1. The molecule has 0 radical (unpaired) electrons. The van der Waals surface area contributed by atoms with E-state index >= 15 is 0 Å². The number of rotatable bonds is 4. The van der Waals surface area contributed by atoms with Gasteiger partial charge in [0, 0.05) is 18.9 Å². The molecule has 122 valence electrons. The van der Waals surface area contributed by atoms with Crippen LogP contribution in [0, 0.1) is 12.8 Å². The molecule has 8 nitrogen and oxygen atoms in total. The maximum Gasteiger partial charge on any atom is 0.241 e. The molecule has 8 heteroatoms. The van der Waals surface area contributed by atoms with E-state index in [0.29, 0.717) is 24.7 Å². The number of amides is 1. The molecule has 1 amide bonds. The average molecular weight is 316 g/mol. The Bertz CT molecular complexity index is 680. The maximum atomic E-state index is 12.4. The van der Waals surface area contributed by atoms with E-state index in [1.807, 2.05) is 31.2 Å². The van der Waals surface area contributed by atoms with E-state index in [9.17, 15) is 4.79 Å². The van der Waals surface area contributed by atoms with Crippen molar-refractivity contribution in [3.63, 3.8) is 0 Å². The lowest BCUT2D eigenvalue weighted by molar-refractivity contribution is -0.119. The maximum absolute atomic E-state index is 12.4. The molecule has 1 aliphatic heterocycles. The largest absolute Gasteiger partial charge is 0.381 e. The zero-order chi connectivity index (χ0) is 16.2. The number of aryl methyl sites for hydroxylation is 1. The van der Waals surface area contributed by atoms with Gasteiger partial charge in [-0.25, -0.2) is 0 Å². The van der Waals surface area contributed by atoms with Crippen LogP contribution in [-0.4, -0.2) is 45.4 Å². The van der Waals surface area contributed by atoms with Crippen LogP contribution in [0.5, 0.6) is 0 Å². The van der Waals surface area contributed by atoms with Gasteiger partial charge in [0.2, 0.25) is 5.91 Å². The van der Waals surface area contributed by atoms with Gasteiger partial charge in [-0.3, -0.25) is 4.79 Å². The fourth-order valence-corrected chi connectivity index (χ4v) is 2.70. The van der Waals surface area contributed by atoms with Gasteiger partial charge in [-0.1, -0.05) is 6.07 Å². The molecule has 1 saturated heterocycles. The van der Waals surface area contributed by atoms with Gasteiger partial charge in [-0.05, 0) is 54.3 Å². The summed E-state index contributed by atoms with van der Waals surface area (Å²) in [6.45, 7) is 3.14. The summed E-state index contributed by atoms with van der Waals surface area (Å²) < 4.78 is 6.91. The van der Waals surface area contributed by atoms with Gasteiger partial charge >= 0.3 is 0 Å². The van der Waals surface area contributed by atoms with E-state index in [4.69, 9.17) is 10.5 Å². The molecule has 23 heavy (non-hydrogen) atoms. The van der Waals surface area contributed by atoms with Gasteiger partial charge in [0.15, 0.2) is 5.82 Å². The van der Waals surface area contributed by atoms with Crippen molar-refractivity contribution in [2.75, 3.05) is 18.5 Å². The standard InChI is InChI=1S/C15H20N6O2/c1-10-18-19-20-21(10)13-4-2-3-12(9-13)17-15(22)14(16)11-5-7-23-8-6-11/h2-4,9,11,14H,5-8,16H2,1H3,(H,17,22). The number of nitrogens with zero attached hydrogens (tertiary/aromatic N) is 4. The lowest BCUT2D eigenvalue weighted by Gasteiger charge is -2.26. The fraction of sp³-hybridized carbons (Fsp3) is 0.467. The highest BCUT2D eigenvalue weighted by molar-refractivity contribution is 5.95.